The monoisotopic (exact) mass is 244 g/mol. The topological polar surface area (TPSA) is 40.5 Å². The number of fused-ring (bicyclic) bond motifs is 1. The van der Waals surface area contributed by atoms with Gasteiger partial charge in [0.1, 0.15) is 0 Å². The predicted octanol–water partition coefficient (Wildman–Crippen LogP) is 2.96. The van der Waals surface area contributed by atoms with Gasteiger partial charge in [-0.2, -0.15) is 0 Å². The van der Waals surface area contributed by atoms with Gasteiger partial charge in [-0.1, -0.05) is 30.9 Å². The first-order valence-corrected chi connectivity index (χ1v) is 6.13. The lowest BCUT2D eigenvalue weighted by molar-refractivity contribution is 0.419. The molecule has 0 aliphatic heterocycles. The Labute approximate surface area is 105 Å². The normalized spacial score (nSPS) is 11.8. The fourth-order valence-corrected chi connectivity index (χ4v) is 2.90. The van der Waals surface area contributed by atoms with Crippen molar-refractivity contribution in [2.75, 3.05) is 0 Å². The Bertz CT molecular complexity index is 584. The second-order valence-corrected chi connectivity index (χ2v) is 4.93. The van der Waals surface area contributed by atoms with Gasteiger partial charge < -0.3 is 10.0 Å². The van der Waals surface area contributed by atoms with Gasteiger partial charge in [-0.3, -0.25) is 0 Å². The molecule has 0 radical (unpaired) electrons. The molecule has 0 bridgehead atoms. The summed E-state index contributed by atoms with van der Waals surface area (Å²) in [6, 6.07) is 8.08. The Morgan fingerprint density at radius 3 is 2.71 bits per heavy atom. The minimum absolute atomic E-state index is 0.527. The number of allylic oxidation sites excluding steroid dienone is 1. The average molecular weight is 244 g/mol. The van der Waals surface area contributed by atoms with E-state index < -0.39 is 7.12 Å². The summed E-state index contributed by atoms with van der Waals surface area (Å²) >= 11 is 1.62. The molecule has 1 aromatic carbocycles. The van der Waals surface area contributed by atoms with Crippen molar-refractivity contribution in [3.05, 3.63) is 46.8 Å². The van der Waals surface area contributed by atoms with Crippen molar-refractivity contribution < 1.29 is 10.0 Å². The minimum Gasteiger partial charge on any atom is -0.423 e. The van der Waals surface area contributed by atoms with E-state index in [1.54, 1.807) is 24.3 Å². The summed E-state index contributed by atoms with van der Waals surface area (Å²) in [4.78, 5) is 1.01. The van der Waals surface area contributed by atoms with Crippen molar-refractivity contribution >= 4 is 40.7 Å². The van der Waals surface area contributed by atoms with Crippen LogP contribution in [0.1, 0.15) is 17.4 Å². The molecule has 2 rings (SSSR count). The number of benzene rings is 1. The van der Waals surface area contributed by atoms with E-state index in [2.05, 4.69) is 12.6 Å². The third-order valence-electron chi connectivity index (χ3n) is 2.63. The van der Waals surface area contributed by atoms with Gasteiger partial charge in [-0.15, -0.1) is 11.3 Å². The molecule has 86 valence electrons. The molecule has 17 heavy (non-hydrogen) atoms. The van der Waals surface area contributed by atoms with E-state index in [1.807, 2.05) is 24.3 Å². The summed E-state index contributed by atoms with van der Waals surface area (Å²) in [6.45, 7) is 5.51. The van der Waals surface area contributed by atoms with E-state index >= 15 is 0 Å². The quantitative estimate of drug-likeness (QED) is 0.815. The molecule has 0 fully saturated rings. The number of hydrogen-bond donors (Lipinski definition) is 2. The number of rotatable bonds is 3. The van der Waals surface area contributed by atoms with Crippen LogP contribution in [0.3, 0.4) is 0 Å². The second kappa shape index (κ2) is 4.88. The van der Waals surface area contributed by atoms with Crippen LogP contribution in [0.25, 0.3) is 22.2 Å². The molecular formula is C13H13BO2S. The molecule has 2 nitrogen and oxygen atoms in total. The Kier molecular flexibility index (Phi) is 3.47. The van der Waals surface area contributed by atoms with Crippen LogP contribution in [-0.4, -0.2) is 17.2 Å². The molecule has 2 aromatic rings. The van der Waals surface area contributed by atoms with Gasteiger partial charge >= 0.3 is 7.12 Å². The Morgan fingerprint density at radius 1 is 1.35 bits per heavy atom. The maximum absolute atomic E-state index is 9.09. The van der Waals surface area contributed by atoms with Gasteiger partial charge in [0.15, 0.2) is 0 Å². The molecule has 0 aliphatic rings. The van der Waals surface area contributed by atoms with E-state index in [-0.39, 0.29) is 0 Å². The van der Waals surface area contributed by atoms with Gasteiger partial charge in [0.05, 0.1) is 0 Å². The zero-order valence-corrected chi connectivity index (χ0v) is 10.4. The highest BCUT2D eigenvalue weighted by Gasteiger charge is 2.12. The van der Waals surface area contributed by atoms with Crippen LogP contribution in [0.2, 0.25) is 0 Å². The van der Waals surface area contributed by atoms with Crippen molar-refractivity contribution in [2.45, 2.75) is 6.92 Å². The average Bonchev–Trinajstić information content (AvgIpc) is 2.65. The molecular weight excluding hydrogens is 231 g/mol. The molecule has 0 saturated heterocycles. The molecule has 0 amide bonds. The number of hydrogen-bond acceptors (Lipinski definition) is 3. The van der Waals surface area contributed by atoms with Crippen molar-refractivity contribution in [2.24, 2.45) is 0 Å². The fourth-order valence-electron chi connectivity index (χ4n) is 1.68. The summed E-state index contributed by atoms with van der Waals surface area (Å²) in [5.74, 6) is 0. The van der Waals surface area contributed by atoms with Crippen LogP contribution in [0.5, 0.6) is 0 Å². The first-order valence-electron chi connectivity index (χ1n) is 5.31. The van der Waals surface area contributed by atoms with E-state index in [9.17, 15) is 0 Å². The van der Waals surface area contributed by atoms with Gasteiger partial charge in [-0.25, -0.2) is 0 Å². The Morgan fingerprint density at radius 2 is 2.06 bits per heavy atom. The molecule has 0 aliphatic carbocycles. The van der Waals surface area contributed by atoms with E-state index in [1.165, 1.54) is 4.70 Å². The minimum atomic E-state index is -1.40. The molecule has 1 heterocycles. The maximum atomic E-state index is 9.09. The number of thiophene rings is 1. The van der Waals surface area contributed by atoms with Crippen LogP contribution >= 0.6 is 11.3 Å². The molecule has 1 aromatic heterocycles. The van der Waals surface area contributed by atoms with Crippen molar-refractivity contribution in [1.82, 2.24) is 0 Å². The standard InChI is InChI=1S/C13H13BO2S/c1-3-10-11-6-4-5-7-12(11)17-13(10)8-9(2)14(15)16/h3-8,15-16H,1H2,2H3/b9-8+. The van der Waals surface area contributed by atoms with Crippen LogP contribution in [0, 0.1) is 0 Å². The maximum Gasteiger partial charge on any atom is 0.483 e. The zero-order chi connectivity index (χ0) is 12.4. The van der Waals surface area contributed by atoms with Crippen molar-refractivity contribution in [3.8, 4) is 0 Å². The van der Waals surface area contributed by atoms with Crippen LogP contribution < -0.4 is 0 Å². The van der Waals surface area contributed by atoms with Crippen LogP contribution in [0.15, 0.2) is 36.3 Å². The highest BCUT2D eigenvalue weighted by atomic mass is 32.1. The first kappa shape index (κ1) is 12.1. The lowest BCUT2D eigenvalue weighted by atomic mass is 9.80. The Hall–Kier alpha value is -1.36. The van der Waals surface area contributed by atoms with Gasteiger partial charge in [-0.05, 0) is 30.1 Å². The van der Waals surface area contributed by atoms with Gasteiger partial charge in [0, 0.05) is 15.0 Å². The fraction of sp³-hybridized carbons (Fsp3) is 0.0769. The molecule has 4 heteroatoms. The van der Waals surface area contributed by atoms with Crippen molar-refractivity contribution in [3.63, 3.8) is 0 Å². The third kappa shape index (κ3) is 2.34. The zero-order valence-electron chi connectivity index (χ0n) is 9.55. The van der Waals surface area contributed by atoms with Crippen LogP contribution in [-0.2, 0) is 0 Å². The van der Waals surface area contributed by atoms with Gasteiger partial charge in [0.25, 0.3) is 0 Å². The summed E-state index contributed by atoms with van der Waals surface area (Å²) < 4.78 is 1.17. The molecule has 0 saturated carbocycles. The lowest BCUT2D eigenvalue weighted by Crippen LogP contribution is -2.12. The van der Waals surface area contributed by atoms with E-state index in [4.69, 9.17) is 10.0 Å². The van der Waals surface area contributed by atoms with E-state index in [0.29, 0.717) is 5.47 Å². The van der Waals surface area contributed by atoms with Crippen LogP contribution in [0.4, 0.5) is 0 Å². The molecule has 2 N–H and O–H groups in total. The second-order valence-electron chi connectivity index (χ2n) is 3.84. The first-order chi connectivity index (χ1) is 8.13. The molecule has 0 unspecified atom stereocenters. The van der Waals surface area contributed by atoms with Gasteiger partial charge in [0.2, 0.25) is 0 Å². The smallest absolute Gasteiger partial charge is 0.423 e. The predicted molar refractivity (Wildman–Crippen MR) is 75.8 cm³/mol. The third-order valence-corrected chi connectivity index (χ3v) is 3.77. The molecule has 0 spiro atoms. The van der Waals surface area contributed by atoms with E-state index in [0.717, 1.165) is 15.8 Å². The summed E-state index contributed by atoms with van der Waals surface area (Å²) in [6.07, 6.45) is 3.61. The molecule has 0 atom stereocenters. The Balaban J connectivity index is 2.62. The summed E-state index contributed by atoms with van der Waals surface area (Å²) in [5.41, 5.74) is 1.57. The summed E-state index contributed by atoms with van der Waals surface area (Å²) in [7, 11) is -1.40. The highest BCUT2D eigenvalue weighted by Crippen LogP contribution is 2.33. The SMILES string of the molecule is C=Cc1c(/C=C(\C)B(O)O)sc2ccccc12. The highest BCUT2D eigenvalue weighted by molar-refractivity contribution is 7.20. The van der Waals surface area contributed by atoms with Crippen molar-refractivity contribution in [1.29, 1.82) is 0 Å². The summed E-state index contributed by atoms with van der Waals surface area (Å²) in [5, 5.41) is 19.3. The lowest BCUT2D eigenvalue weighted by Gasteiger charge is -1.98. The largest absolute Gasteiger partial charge is 0.483 e.